The molecule has 3 rings (SSSR count). The molecule has 0 spiro atoms. The average Bonchev–Trinajstić information content (AvgIpc) is 3.20. The molecule has 120 valence electrons. The van der Waals surface area contributed by atoms with Crippen molar-refractivity contribution in [1.29, 1.82) is 0 Å². The summed E-state index contributed by atoms with van der Waals surface area (Å²) in [6.45, 7) is 1.35. The van der Waals surface area contributed by atoms with Gasteiger partial charge in [0.1, 0.15) is 0 Å². The maximum Gasteiger partial charge on any atom is 0.289 e. The van der Waals surface area contributed by atoms with Crippen LogP contribution in [0.15, 0.2) is 22.8 Å². The van der Waals surface area contributed by atoms with E-state index in [1.165, 1.54) is 31.9 Å². The standard InChI is InChI=1S/C17H24N2O3/c20-16(12-13-4-1-2-5-13)18-14-7-9-19(10-8-14)17(21)15-6-3-11-22-15/h3,6,11,13-14H,1-2,4-5,7-10,12H2,(H,18,20). The van der Waals surface area contributed by atoms with Gasteiger partial charge in [-0.25, -0.2) is 0 Å². The number of likely N-dealkylation sites (tertiary alicyclic amines) is 1. The predicted octanol–water partition coefficient (Wildman–Crippen LogP) is 2.58. The zero-order valence-corrected chi connectivity index (χ0v) is 12.9. The molecule has 1 aliphatic heterocycles. The summed E-state index contributed by atoms with van der Waals surface area (Å²) >= 11 is 0. The Balaban J connectivity index is 1.41. The van der Waals surface area contributed by atoms with Gasteiger partial charge in [-0.15, -0.1) is 0 Å². The van der Waals surface area contributed by atoms with Crippen molar-refractivity contribution in [2.75, 3.05) is 13.1 Å². The van der Waals surface area contributed by atoms with Crippen molar-refractivity contribution < 1.29 is 14.0 Å². The minimum absolute atomic E-state index is 0.0549. The number of furan rings is 1. The quantitative estimate of drug-likeness (QED) is 0.930. The normalized spacial score (nSPS) is 20.3. The van der Waals surface area contributed by atoms with Crippen LogP contribution in [0.25, 0.3) is 0 Å². The predicted molar refractivity (Wildman–Crippen MR) is 82.4 cm³/mol. The summed E-state index contributed by atoms with van der Waals surface area (Å²) < 4.78 is 5.15. The van der Waals surface area contributed by atoms with Crippen LogP contribution in [0, 0.1) is 5.92 Å². The van der Waals surface area contributed by atoms with E-state index in [-0.39, 0.29) is 17.9 Å². The number of nitrogens with one attached hydrogen (secondary N) is 1. The van der Waals surface area contributed by atoms with Gasteiger partial charge < -0.3 is 14.6 Å². The fourth-order valence-corrected chi connectivity index (χ4v) is 3.55. The van der Waals surface area contributed by atoms with Crippen molar-refractivity contribution in [1.82, 2.24) is 10.2 Å². The van der Waals surface area contributed by atoms with Crippen LogP contribution in [0.5, 0.6) is 0 Å². The first-order chi connectivity index (χ1) is 10.7. The van der Waals surface area contributed by atoms with Gasteiger partial charge in [0.2, 0.25) is 5.91 Å². The molecule has 5 nitrogen and oxygen atoms in total. The van der Waals surface area contributed by atoms with Crippen LogP contribution < -0.4 is 5.32 Å². The molecule has 5 heteroatoms. The SMILES string of the molecule is O=C(CC1CCCC1)NC1CCN(C(=O)c2ccco2)CC1. The summed E-state index contributed by atoms with van der Waals surface area (Å²) in [6.07, 6.45) is 8.77. The minimum atomic E-state index is -0.0549. The van der Waals surface area contributed by atoms with Gasteiger partial charge in [0.05, 0.1) is 6.26 Å². The van der Waals surface area contributed by atoms with Crippen molar-refractivity contribution in [2.24, 2.45) is 5.92 Å². The van der Waals surface area contributed by atoms with Crippen LogP contribution in [0.3, 0.4) is 0 Å². The first-order valence-corrected chi connectivity index (χ1v) is 8.34. The van der Waals surface area contributed by atoms with Gasteiger partial charge in [-0.2, -0.15) is 0 Å². The van der Waals surface area contributed by atoms with E-state index in [1.54, 1.807) is 17.0 Å². The molecule has 1 N–H and O–H groups in total. The molecule has 0 unspecified atom stereocenters. The van der Waals surface area contributed by atoms with Gasteiger partial charge in [0, 0.05) is 25.6 Å². The molecule has 2 fully saturated rings. The fourth-order valence-electron chi connectivity index (χ4n) is 3.55. The molecule has 22 heavy (non-hydrogen) atoms. The van der Waals surface area contributed by atoms with Gasteiger partial charge in [0.15, 0.2) is 5.76 Å². The third-order valence-corrected chi connectivity index (χ3v) is 4.83. The van der Waals surface area contributed by atoms with Crippen molar-refractivity contribution >= 4 is 11.8 Å². The van der Waals surface area contributed by atoms with E-state index in [1.807, 2.05) is 0 Å². The minimum Gasteiger partial charge on any atom is -0.459 e. The highest BCUT2D eigenvalue weighted by Gasteiger charge is 2.26. The number of amides is 2. The first-order valence-electron chi connectivity index (χ1n) is 8.34. The molecule has 1 aromatic heterocycles. The summed E-state index contributed by atoms with van der Waals surface area (Å²) in [6, 6.07) is 3.62. The lowest BCUT2D eigenvalue weighted by molar-refractivity contribution is -0.122. The number of hydrogen-bond donors (Lipinski definition) is 1. The molecule has 2 amide bonds. The molecule has 0 radical (unpaired) electrons. The number of hydrogen-bond acceptors (Lipinski definition) is 3. The first kappa shape index (κ1) is 15.1. The summed E-state index contributed by atoms with van der Waals surface area (Å²) in [5.74, 6) is 1.10. The van der Waals surface area contributed by atoms with Gasteiger partial charge in [-0.05, 0) is 43.7 Å². The Morgan fingerprint density at radius 3 is 2.55 bits per heavy atom. The molecule has 1 saturated heterocycles. The smallest absolute Gasteiger partial charge is 0.289 e. The second-order valence-electron chi connectivity index (χ2n) is 6.47. The Morgan fingerprint density at radius 1 is 1.18 bits per heavy atom. The van der Waals surface area contributed by atoms with Crippen LogP contribution in [-0.4, -0.2) is 35.8 Å². The Labute approximate surface area is 131 Å². The average molecular weight is 304 g/mol. The van der Waals surface area contributed by atoms with Gasteiger partial charge in [0.25, 0.3) is 5.91 Å². The van der Waals surface area contributed by atoms with E-state index in [0.29, 0.717) is 31.2 Å². The molecule has 2 aliphatic rings. The molecule has 1 saturated carbocycles. The summed E-state index contributed by atoms with van der Waals surface area (Å²) in [4.78, 5) is 26.0. The third-order valence-electron chi connectivity index (χ3n) is 4.83. The molecule has 0 atom stereocenters. The second-order valence-corrected chi connectivity index (χ2v) is 6.47. The summed E-state index contributed by atoms with van der Waals surface area (Å²) in [5, 5.41) is 3.14. The molecular formula is C17H24N2O3. The second kappa shape index (κ2) is 6.99. The topological polar surface area (TPSA) is 62.6 Å². The zero-order chi connectivity index (χ0) is 15.4. The maximum absolute atomic E-state index is 12.2. The van der Waals surface area contributed by atoms with Crippen molar-refractivity contribution in [3.05, 3.63) is 24.2 Å². The maximum atomic E-state index is 12.2. The van der Waals surface area contributed by atoms with Crippen LogP contribution >= 0.6 is 0 Å². The lowest BCUT2D eigenvalue weighted by Gasteiger charge is -2.32. The zero-order valence-electron chi connectivity index (χ0n) is 12.9. The van der Waals surface area contributed by atoms with E-state index in [2.05, 4.69) is 5.32 Å². The van der Waals surface area contributed by atoms with E-state index < -0.39 is 0 Å². The van der Waals surface area contributed by atoms with E-state index in [9.17, 15) is 9.59 Å². The van der Waals surface area contributed by atoms with Gasteiger partial charge in [-0.3, -0.25) is 9.59 Å². The van der Waals surface area contributed by atoms with Gasteiger partial charge in [-0.1, -0.05) is 12.8 Å². The number of rotatable bonds is 4. The highest BCUT2D eigenvalue weighted by atomic mass is 16.3. The molecule has 1 aromatic rings. The third kappa shape index (κ3) is 3.70. The largest absolute Gasteiger partial charge is 0.459 e. The number of carbonyl (C=O) groups is 2. The molecule has 0 aromatic carbocycles. The number of carbonyl (C=O) groups excluding carboxylic acids is 2. The Morgan fingerprint density at radius 2 is 1.91 bits per heavy atom. The fraction of sp³-hybridized carbons (Fsp3) is 0.647. The number of piperidine rings is 1. The van der Waals surface area contributed by atoms with Gasteiger partial charge >= 0.3 is 0 Å². The van der Waals surface area contributed by atoms with Crippen LogP contribution in [0.2, 0.25) is 0 Å². The van der Waals surface area contributed by atoms with E-state index >= 15 is 0 Å². The molecular weight excluding hydrogens is 280 g/mol. The monoisotopic (exact) mass is 304 g/mol. The van der Waals surface area contributed by atoms with E-state index in [4.69, 9.17) is 4.42 Å². The van der Waals surface area contributed by atoms with Crippen molar-refractivity contribution in [3.63, 3.8) is 0 Å². The molecule has 0 bridgehead atoms. The Bertz CT molecular complexity index is 498. The lowest BCUT2D eigenvalue weighted by atomic mass is 10.0. The Hall–Kier alpha value is -1.78. The van der Waals surface area contributed by atoms with Crippen LogP contribution in [0.1, 0.15) is 55.5 Å². The highest BCUT2D eigenvalue weighted by molar-refractivity contribution is 5.91. The van der Waals surface area contributed by atoms with Crippen LogP contribution in [-0.2, 0) is 4.79 Å². The van der Waals surface area contributed by atoms with Crippen molar-refractivity contribution in [3.8, 4) is 0 Å². The van der Waals surface area contributed by atoms with Crippen molar-refractivity contribution in [2.45, 2.75) is 51.0 Å². The molecule has 1 aliphatic carbocycles. The highest BCUT2D eigenvalue weighted by Crippen LogP contribution is 2.27. The number of nitrogens with zero attached hydrogens (tertiary/aromatic N) is 1. The lowest BCUT2D eigenvalue weighted by Crippen LogP contribution is -2.46. The Kier molecular flexibility index (Phi) is 4.80. The summed E-state index contributed by atoms with van der Waals surface area (Å²) in [7, 11) is 0. The summed E-state index contributed by atoms with van der Waals surface area (Å²) in [5.41, 5.74) is 0. The van der Waals surface area contributed by atoms with E-state index in [0.717, 1.165) is 12.8 Å². The van der Waals surface area contributed by atoms with Crippen LogP contribution in [0.4, 0.5) is 0 Å². The molecule has 2 heterocycles.